The van der Waals surface area contributed by atoms with Gasteiger partial charge in [-0.3, -0.25) is 4.79 Å². The van der Waals surface area contributed by atoms with E-state index in [0.717, 1.165) is 0 Å². The molecule has 2 aromatic carbocycles. The van der Waals surface area contributed by atoms with Crippen LogP contribution in [0.25, 0.3) is 0 Å². The highest BCUT2D eigenvalue weighted by atomic mass is 32.2. The van der Waals surface area contributed by atoms with Crippen LogP contribution in [0.4, 0.5) is 10.1 Å². The minimum Gasteiger partial charge on any atom is -0.326 e. The highest BCUT2D eigenvalue weighted by Crippen LogP contribution is 2.27. The predicted molar refractivity (Wildman–Crippen MR) is 99.8 cm³/mol. The van der Waals surface area contributed by atoms with Gasteiger partial charge in [-0.25, -0.2) is 17.5 Å². The van der Waals surface area contributed by atoms with Gasteiger partial charge in [0.1, 0.15) is 5.82 Å². The van der Waals surface area contributed by atoms with Crippen LogP contribution in [-0.2, 0) is 14.8 Å². The lowest BCUT2D eigenvalue weighted by atomic mass is 9.97. The van der Waals surface area contributed by atoms with Crippen molar-refractivity contribution in [1.29, 1.82) is 0 Å². The van der Waals surface area contributed by atoms with Crippen LogP contribution in [0.5, 0.6) is 0 Å². The molecule has 0 unspecified atom stereocenters. The Labute approximate surface area is 153 Å². The maximum atomic E-state index is 13.2. The fourth-order valence-electron chi connectivity index (χ4n) is 2.66. The second kappa shape index (κ2) is 7.97. The largest absolute Gasteiger partial charge is 0.326 e. The average molecular weight is 378 g/mol. The maximum Gasteiger partial charge on any atom is 0.241 e. The standard InChI is InChI=1S/C19H23FN2O3S/c1-12(2)19(15-6-8-16(20)9-7-15)22-26(24,25)18-11-17(21-14(4)23)10-5-13(18)3/h5-12,19,22H,1-4H3,(H,21,23)/t19-/m1/s1. The first-order chi connectivity index (χ1) is 12.1. The van der Waals surface area contributed by atoms with Crippen LogP contribution in [-0.4, -0.2) is 14.3 Å². The lowest BCUT2D eigenvalue weighted by Crippen LogP contribution is -2.32. The van der Waals surface area contributed by atoms with E-state index in [1.54, 1.807) is 31.2 Å². The molecule has 2 rings (SSSR count). The zero-order valence-corrected chi connectivity index (χ0v) is 16.0. The SMILES string of the molecule is CC(=O)Nc1ccc(C)c(S(=O)(=O)N[C@@H](c2ccc(F)cc2)C(C)C)c1. The highest BCUT2D eigenvalue weighted by molar-refractivity contribution is 7.89. The summed E-state index contributed by atoms with van der Waals surface area (Å²) >= 11 is 0. The topological polar surface area (TPSA) is 75.3 Å². The van der Waals surface area contributed by atoms with Crippen LogP contribution in [0.2, 0.25) is 0 Å². The van der Waals surface area contributed by atoms with Gasteiger partial charge in [0.2, 0.25) is 15.9 Å². The van der Waals surface area contributed by atoms with Crippen molar-refractivity contribution in [3.63, 3.8) is 0 Å². The van der Waals surface area contributed by atoms with E-state index >= 15 is 0 Å². The van der Waals surface area contributed by atoms with Crippen LogP contribution in [0, 0.1) is 18.7 Å². The van der Waals surface area contributed by atoms with E-state index in [0.29, 0.717) is 16.8 Å². The van der Waals surface area contributed by atoms with Gasteiger partial charge in [0, 0.05) is 18.7 Å². The number of hydrogen-bond acceptors (Lipinski definition) is 3. The lowest BCUT2D eigenvalue weighted by molar-refractivity contribution is -0.114. The van der Waals surface area contributed by atoms with E-state index in [4.69, 9.17) is 0 Å². The van der Waals surface area contributed by atoms with E-state index in [-0.39, 0.29) is 22.5 Å². The summed E-state index contributed by atoms with van der Waals surface area (Å²) in [7, 11) is -3.85. The van der Waals surface area contributed by atoms with Gasteiger partial charge < -0.3 is 5.32 Å². The second-order valence-corrected chi connectivity index (χ2v) is 8.24. The van der Waals surface area contributed by atoms with Crippen LogP contribution in [0.1, 0.15) is 37.9 Å². The molecule has 0 heterocycles. The number of benzene rings is 2. The van der Waals surface area contributed by atoms with E-state index in [1.807, 2.05) is 13.8 Å². The Morgan fingerprint density at radius 3 is 2.23 bits per heavy atom. The normalized spacial score (nSPS) is 12.8. The molecular weight excluding hydrogens is 355 g/mol. The molecule has 0 bridgehead atoms. The first kappa shape index (κ1) is 20.1. The molecule has 140 valence electrons. The molecule has 0 spiro atoms. The summed E-state index contributed by atoms with van der Waals surface area (Å²) in [5.74, 6) is -0.705. The highest BCUT2D eigenvalue weighted by Gasteiger charge is 2.25. The Balaban J connectivity index is 2.39. The van der Waals surface area contributed by atoms with Crippen molar-refractivity contribution < 1.29 is 17.6 Å². The van der Waals surface area contributed by atoms with E-state index < -0.39 is 16.1 Å². The zero-order valence-electron chi connectivity index (χ0n) is 15.2. The molecular formula is C19H23FN2O3S. The molecule has 26 heavy (non-hydrogen) atoms. The monoisotopic (exact) mass is 378 g/mol. The number of carbonyl (C=O) groups excluding carboxylic acids is 1. The number of carbonyl (C=O) groups is 1. The van der Waals surface area contributed by atoms with Gasteiger partial charge >= 0.3 is 0 Å². The lowest BCUT2D eigenvalue weighted by Gasteiger charge is -2.23. The fourth-order valence-corrected chi connectivity index (χ4v) is 4.30. The van der Waals surface area contributed by atoms with Crippen LogP contribution >= 0.6 is 0 Å². The van der Waals surface area contributed by atoms with Crippen LogP contribution in [0.15, 0.2) is 47.4 Å². The molecule has 0 saturated carbocycles. The van der Waals surface area contributed by atoms with Crippen molar-refractivity contribution in [2.45, 2.75) is 38.6 Å². The van der Waals surface area contributed by atoms with Gasteiger partial charge in [0.05, 0.1) is 4.90 Å². The third-order valence-corrected chi connectivity index (χ3v) is 5.56. The van der Waals surface area contributed by atoms with Crippen molar-refractivity contribution in [1.82, 2.24) is 4.72 Å². The third kappa shape index (κ3) is 4.89. The maximum absolute atomic E-state index is 13.2. The van der Waals surface area contributed by atoms with Gasteiger partial charge in [0.15, 0.2) is 0 Å². The van der Waals surface area contributed by atoms with Gasteiger partial charge in [-0.05, 0) is 48.2 Å². The molecule has 5 nitrogen and oxygen atoms in total. The van der Waals surface area contributed by atoms with Crippen LogP contribution in [0.3, 0.4) is 0 Å². The quantitative estimate of drug-likeness (QED) is 0.803. The molecule has 2 N–H and O–H groups in total. The molecule has 0 radical (unpaired) electrons. The second-order valence-electron chi connectivity index (χ2n) is 6.56. The molecule has 0 aliphatic rings. The number of halogens is 1. The molecule has 1 atom stereocenters. The van der Waals surface area contributed by atoms with Gasteiger partial charge in [-0.15, -0.1) is 0 Å². The first-order valence-corrected chi connectivity index (χ1v) is 9.74. The van der Waals surface area contributed by atoms with Crippen LogP contribution < -0.4 is 10.0 Å². The Bertz CT molecular complexity index is 894. The van der Waals surface area contributed by atoms with Crippen molar-refractivity contribution in [3.05, 3.63) is 59.4 Å². The molecule has 0 saturated heterocycles. The number of nitrogens with one attached hydrogen (secondary N) is 2. The molecule has 2 aromatic rings. The van der Waals surface area contributed by atoms with Gasteiger partial charge in [0.25, 0.3) is 0 Å². The number of sulfonamides is 1. The summed E-state index contributed by atoms with van der Waals surface area (Å²) in [6.45, 7) is 6.82. The number of amides is 1. The Morgan fingerprint density at radius 2 is 1.69 bits per heavy atom. The summed E-state index contributed by atoms with van der Waals surface area (Å²) in [5.41, 5.74) is 1.65. The average Bonchev–Trinajstić information content (AvgIpc) is 2.54. The fraction of sp³-hybridized carbons (Fsp3) is 0.316. The number of aryl methyl sites for hydroxylation is 1. The smallest absolute Gasteiger partial charge is 0.241 e. The molecule has 0 fully saturated rings. The minimum absolute atomic E-state index is 0.0472. The molecule has 0 aromatic heterocycles. The van der Waals surface area contributed by atoms with Gasteiger partial charge in [-0.1, -0.05) is 32.0 Å². The molecule has 0 aliphatic carbocycles. The summed E-state index contributed by atoms with van der Waals surface area (Å²) in [5, 5.41) is 2.59. The predicted octanol–water partition coefficient (Wildman–Crippen LogP) is 3.77. The van der Waals surface area contributed by atoms with Crippen molar-refractivity contribution in [2.24, 2.45) is 5.92 Å². The summed E-state index contributed by atoms with van der Waals surface area (Å²) in [4.78, 5) is 11.3. The summed E-state index contributed by atoms with van der Waals surface area (Å²) in [6, 6.07) is 9.97. The van der Waals surface area contributed by atoms with Crippen molar-refractivity contribution >= 4 is 21.6 Å². The molecule has 7 heteroatoms. The summed E-state index contributed by atoms with van der Waals surface area (Å²) in [6.07, 6.45) is 0. The minimum atomic E-state index is -3.85. The Kier molecular flexibility index (Phi) is 6.15. The Hall–Kier alpha value is -2.25. The third-order valence-electron chi connectivity index (χ3n) is 3.98. The number of anilines is 1. The van der Waals surface area contributed by atoms with Gasteiger partial charge in [-0.2, -0.15) is 0 Å². The van der Waals surface area contributed by atoms with Crippen molar-refractivity contribution in [2.75, 3.05) is 5.32 Å². The Morgan fingerprint density at radius 1 is 1.08 bits per heavy atom. The van der Waals surface area contributed by atoms with E-state index in [1.165, 1.54) is 25.1 Å². The molecule has 1 amide bonds. The molecule has 0 aliphatic heterocycles. The van der Waals surface area contributed by atoms with E-state index in [2.05, 4.69) is 10.0 Å². The number of hydrogen-bond donors (Lipinski definition) is 2. The van der Waals surface area contributed by atoms with Crippen molar-refractivity contribution in [3.8, 4) is 0 Å². The summed E-state index contributed by atoms with van der Waals surface area (Å²) < 4.78 is 41.8. The number of rotatable bonds is 6. The zero-order chi connectivity index (χ0) is 19.5. The van der Waals surface area contributed by atoms with E-state index in [9.17, 15) is 17.6 Å². The first-order valence-electron chi connectivity index (χ1n) is 8.26.